The number of para-hydroxylation sites is 2. The van der Waals surface area contributed by atoms with E-state index in [1.165, 1.54) is 0 Å². The monoisotopic (exact) mass is 434 g/mol. The molecule has 0 amide bonds. The molecule has 5 nitrogen and oxygen atoms in total. The summed E-state index contributed by atoms with van der Waals surface area (Å²) in [5.74, 6) is 0. The molecule has 4 rings (SSSR count). The Hall–Kier alpha value is -2.02. The zero-order chi connectivity index (χ0) is 19.7. The molecule has 3 aromatic rings. The van der Waals surface area contributed by atoms with E-state index < -0.39 is 0 Å². The van der Waals surface area contributed by atoms with Crippen LogP contribution in [-0.2, 0) is 6.54 Å². The third kappa shape index (κ3) is 3.90. The summed E-state index contributed by atoms with van der Waals surface area (Å²) in [4.78, 5) is 17.5. The van der Waals surface area contributed by atoms with Gasteiger partial charge in [-0.3, -0.25) is 4.57 Å². The second-order valence-corrected chi connectivity index (χ2v) is 8.14. The SMILES string of the molecule is O=c1[nH]c2ccccc2n1C1CCN(C(=S)NCc2ccc(Cl)c(Cl)c2)CC1. The van der Waals surface area contributed by atoms with Crippen molar-refractivity contribution in [1.29, 1.82) is 0 Å². The lowest BCUT2D eigenvalue weighted by atomic mass is 10.0. The van der Waals surface area contributed by atoms with Crippen molar-refractivity contribution in [3.63, 3.8) is 0 Å². The van der Waals surface area contributed by atoms with Gasteiger partial charge in [-0.25, -0.2) is 4.79 Å². The first-order chi connectivity index (χ1) is 13.5. The van der Waals surface area contributed by atoms with Gasteiger partial charge in [-0.2, -0.15) is 0 Å². The fourth-order valence-electron chi connectivity index (χ4n) is 3.70. The standard InChI is InChI=1S/C20H20Cl2N4OS/c21-15-6-5-13(11-16(15)22)12-23-20(28)25-9-7-14(8-10-25)26-18-4-2-1-3-17(18)24-19(26)27/h1-6,11,14H,7-10,12H2,(H,23,28)(H,24,27). The van der Waals surface area contributed by atoms with E-state index in [1.807, 2.05) is 41.0 Å². The summed E-state index contributed by atoms with van der Waals surface area (Å²) < 4.78 is 1.89. The third-order valence-corrected chi connectivity index (χ3v) is 6.31. The normalized spacial score (nSPS) is 15.1. The number of H-pyrrole nitrogens is 1. The third-order valence-electron chi connectivity index (χ3n) is 5.17. The lowest BCUT2D eigenvalue weighted by Crippen LogP contribution is -2.45. The Balaban J connectivity index is 1.37. The number of imidazole rings is 1. The van der Waals surface area contributed by atoms with Crippen LogP contribution in [0.4, 0.5) is 0 Å². The molecule has 0 saturated carbocycles. The average Bonchev–Trinajstić information content (AvgIpc) is 3.04. The number of likely N-dealkylation sites (tertiary alicyclic amines) is 1. The fraction of sp³-hybridized carbons (Fsp3) is 0.300. The summed E-state index contributed by atoms with van der Waals surface area (Å²) in [5, 5.41) is 5.09. The van der Waals surface area contributed by atoms with Crippen molar-refractivity contribution in [3.05, 3.63) is 68.6 Å². The first-order valence-corrected chi connectivity index (χ1v) is 10.4. The highest BCUT2D eigenvalue weighted by atomic mass is 35.5. The van der Waals surface area contributed by atoms with Gasteiger partial charge < -0.3 is 15.2 Å². The van der Waals surface area contributed by atoms with Crippen molar-refractivity contribution in [2.24, 2.45) is 0 Å². The van der Waals surface area contributed by atoms with Crippen LogP contribution >= 0.6 is 35.4 Å². The van der Waals surface area contributed by atoms with Crippen LogP contribution in [-0.4, -0.2) is 32.7 Å². The maximum absolute atomic E-state index is 12.4. The molecule has 0 unspecified atom stereocenters. The topological polar surface area (TPSA) is 53.1 Å². The van der Waals surface area contributed by atoms with Crippen molar-refractivity contribution >= 4 is 51.6 Å². The molecular weight excluding hydrogens is 415 g/mol. The van der Waals surface area contributed by atoms with E-state index >= 15 is 0 Å². The van der Waals surface area contributed by atoms with Gasteiger partial charge in [-0.1, -0.05) is 41.4 Å². The second-order valence-electron chi connectivity index (χ2n) is 6.94. The Morgan fingerprint density at radius 1 is 1.14 bits per heavy atom. The maximum atomic E-state index is 12.4. The number of hydrogen-bond donors (Lipinski definition) is 2. The summed E-state index contributed by atoms with van der Waals surface area (Å²) in [6.07, 6.45) is 1.74. The zero-order valence-corrected chi connectivity index (χ0v) is 17.4. The van der Waals surface area contributed by atoms with Gasteiger partial charge in [-0.15, -0.1) is 0 Å². The van der Waals surface area contributed by atoms with Gasteiger partial charge in [-0.05, 0) is 54.9 Å². The van der Waals surface area contributed by atoms with Gasteiger partial charge in [0.2, 0.25) is 0 Å². The molecule has 2 aromatic carbocycles. The number of nitrogens with zero attached hydrogens (tertiary/aromatic N) is 2. The number of thiocarbonyl (C=S) groups is 1. The average molecular weight is 435 g/mol. The van der Waals surface area contributed by atoms with Crippen molar-refractivity contribution in [2.75, 3.05) is 13.1 Å². The van der Waals surface area contributed by atoms with Crippen LogP contribution in [0, 0.1) is 0 Å². The summed E-state index contributed by atoms with van der Waals surface area (Å²) in [7, 11) is 0. The largest absolute Gasteiger partial charge is 0.358 e. The summed E-state index contributed by atoms with van der Waals surface area (Å²) in [5.41, 5.74) is 2.83. The maximum Gasteiger partial charge on any atom is 0.326 e. The van der Waals surface area contributed by atoms with Gasteiger partial charge in [0, 0.05) is 25.7 Å². The molecule has 1 aromatic heterocycles. The minimum atomic E-state index is -0.0417. The molecule has 8 heteroatoms. The highest BCUT2D eigenvalue weighted by molar-refractivity contribution is 7.80. The summed E-state index contributed by atoms with van der Waals surface area (Å²) in [6, 6.07) is 13.6. The van der Waals surface area contributed by atoms with Gasteiger partial charge >= 0.3 is 5.69 Å². The predicted molar refractivity (Wildman–Crippen MR) is 118 cm³/mol. The highest BCUT2D eigenvalue weighted by Gasteiger charge is 2.24. The van der Waals surface area contributed by atoms with Crippen LogP contribution in [0.5, 0.6) is 0 Å². The first kappa shape index (κ1) is 19.3. The van der Waals surface area contributed by atoms with Crippen molar-refractivity contribution in [1.82, 2.24) is 19.8 Å². The minimum Gasteiger partial charge on any atom is -0.358 e. The van der Waals surface area contributed by atoms with Crippen LogP contribution in [0.15, 0.2) is 47.3 Å². The summed E-state index contributed by atoms with van der Waals surface area (Å²) >= 11 is 17.6. The molecule has 2 heterocycles. The van der Waals surface area contributed by atoms with Gasteiger partial charge in [0.25, 0.3) is 0 Å². The van der Waals surface area contributed by atoms with E-state index in [0.29, 0.717) is 16.6 Å². The number of nitrogens with one attached hydrogen (secondary N) is 2. The molecule has 2 N–H and O–H groups in total. The number of hydrogen-bond acceptors (Lipinski definition) is 2. The van der Waals surface area contributed by atoms with E-state index in [1.54, 1.807) is 6.07 Å². The number of aromatic nitrogens is 2. The van der Waals surface area contributed by atoms with Crippen molar-refractivity contribution in [2.45, 2.75) is 25.4 Å². The second kappa shape index (κ2) is 8.15. The molecule has 1 aliphatic rings. The predicted octanol–water partition coefficient (Wildman–Crippen LogP) is 4.35. The molecule has 28 heavy (non-hydrogen) atoms. The summed E-state index contributed by atoms with van der Waals surface area (Å²) in [6.45, 7) is 2.21. The zero-order valence-electron chi connectivity index (χ0n) is 15.1. The van der Waals surface area contributed by atoms with Crippen LogP contribution in [0.2, 0.25) is 10.0 Å². The molecule has 146 valence electrons. The number of halogens is 2. The molecular formula is C20H20Cl2N4OS. The van der Waals surface area contributed by atoms with E-state index in [0.717, 1.165) is 47.6 Å². The fourth-order valence-corrected chi connectivity index (χ4v) is 4.28. The molecule has 1 aliphatic heterocycles. The van der Waals surface area contributed by atoms with Gasteiger partial charge in [0.05, 0.1) is 21.1 Å². The first-order valence-electron chi connectivity index (χ1n) is 9.19. The quantitative estimate of drug-likeness (QED) is 0.601. The molecule has 0 radical (unpaired) electrons. The number of fused-ring (bicyclic) bond motifs is 1. The Bertz CT molecular complexity index is 1070. The lowest BCUT2D eigenvalue weighted by Gasteiger charge is -2.34. The van der Waals surface area contributed by atoms with E-state index in [9.17, 15) is 4.79 Å². The van der Waals surface area contributed by atoms with Crippen molar-refractivity contribution < 1.29 is 0 Å². The van der Waals surface area contributed by atoms with E-state index in [4.69, 9.17) is 35.4 Å². The van der Waals surface area contributed by atoms with E-state index in [2.05, 4.69) is 15.2 Å². The molecule has 1 fully saturated rings. The Kier molecular flexibility index (Phi) is 5.62. The Labute approximate surface area is 178 Å². The molecule has 0 spiro atoms. The van der Waals surface area contributed by atoms with Gasteiger partial charge in [0.1, 0.15) is 0 Å². The minimum absolute atomic E-state index is 0.0417. The van der Waals surface area contributed by atoms with Gasteiger partial charge in [0.15, 0.2) is 5.11 Å². The van der Waals surface area contributed by atoms with Crippen LogP contribution in [0.25, 0.3) is 11.0 Å². The van der Waals surface area contributed by atoms with Crippen molar-refractivity contribution in [3.8, 4) is 0 Å². The Morgan fingerprint density at radius 2 is 1.89 bits per heavy atom. The smallest absolute Gasteiger partial charge is 0.326 e. The number of rotatable bonds is 3. The molecule has 0 bridgehead atoms. The Morgan fingerprint density at radius 3 is 2.64 bits per heavy atom. The number of benzene rings is 2. The van der Waals surface area contributed by atoms with Crippen LogP contribution in [0.3, 0.4) is 0 Å². The number of piperidine rings is 1. The molecule has 1 saturated heterocycles. The highest BCUT2D eigenvalue weighted by Crippen LogP contribution is 2.25. The molecule has 0 atom stereocenters. The van der Waals surface area contributed by atoms with Crippen LogP contribution < -0.4 is 11.0 Å². The van der Waals surface area contributed by atoms with Crippen LogP contribution in [0.1, 0.15) is 24.4 Å². The molecule has 0 aliphatic carbocycles. The number of aromatic amines is 1. The van der Waals surface area contributed by atoms with E-state index in [-0.39, 0.29) is 11.7 Å². The lowest BCUT2D eigenvalue weighted by molar-refractivity contribution is 0.264.